The van der Waals surface area contributed by atoms with Crippen molar-refractivity contribution >= 4 is 33.5 Å². The van der Waals surface area contributed by atoms with E-state index in [1.165, 1.54) is 18.5 Å². The van der Waals surface area contributed by atoms with E-state index >= 15 is 0 Å². The minimum absolute atomic E-state index is 0.166. The predicted octanol–water partition coefficient (Wildman–Crippen LogP) is 2.88. The monoisotopic (exact) mass is 459 g/mol. The van der Waals surface area contributed by atoms with Gasteiger partial charge in [-0.15, -0.1) is 0 Å². The van der Waals surface area contributed by atoms with E-state index in [0.29, 0.717) is 39.8 Å². The minimum Gasteiger partial charge on any atom is -0.369 e. The smallest absolute Gasteiger partial charge is 0.238 e. The van der Waals surface area contributed by atoms with Gasteiger partial charge < -0.3 is 11.1 Å². The molecule has 0 spiro atoms. The Hall–Kier alpha value is -3.01. The van der Waals surface area contributed by atoms with Crippen molar-refractivity contribution in [3.63, 3.8) is 0 Å². The molecule has 10 heteroatoms. The van der Waals surface area contributed by atoms with Crippen molar-refractivity contribution in [1.29, 1.82) is 0 Å². The molecule has 1 amide bonds. The Balaban J connectivity index is 2.10. The average Bonchev–Trinajstić information content (AvgIpc) is 2.73. The summed E-state index contributed by atoms with van der Waals surface area (Å²) in [6.45, 7) is 2.73. The van der Waals surface area contributed by atoms with Gasteiger partial charge in [-0.25, -0.2) is 23.5 Å². The third-order valence-corrected chi connectivity index (χ3v) is 5.94. The number of benzene rings is 2. The number of primary sulfonamides is 1. The van der Waals surface area contributed by atoms with Crippen LogP contribution in [0.3, 0.4) is 0 Å². The number of sulfonamides is 1. The van der Waals surface area contributed by atoms with E-state index in [1.807, 2.05) is 6.92 Å². The van der Waals surface area contributed by atoms with Crippen molar-refractivity contribution in [3.8, 4) is 11.1 Å². The maximum absolute atomic E-state index is 12.4. The van der Waals surface area contributed by atoms with Gasteiger partial charge in [0, 0.05) is 35.1 Å². The Morgan fingerprint density at radius 2 is 1.84 bits per heavy atom. The molecule has 0 bridgehead atoms. The van der Waals surface area contributed by atoms with Crippen molar-refractivity contribution in [2.75, 3.05) is 11.9 Å². The maximum atomic E-state index is 12.4. The lowest BCUT2D eigenvalue weighted by Crippen LogP contribution is -2.23. The molecule has 3 aromatic rings. The molecular formula is C21H22ClN5O3S. The number of carbonyl (C=O) groups excluding carboxylic acids is 1. The van der Waals surface area contributed by atoms with Gasteiger partial charge >= 0.3 is 0 Å². The summed E-state index contributed by atoms with van der Waals surface area (Å²) in [5.74, 6) is -1.18. The second kappa shape index (κ2) is 9.42. The van der Waals surface area contributed by atoms with Crippen LogP contribution in [0.2, 0.25) is 5.02 Å². The van der Waals surface area contributed by atoms with Crippen LogP contribution < -0.4 is 16.2 Å². The number of nitrogens with zero attached hydrogens (tertiary/aromatic N) is 2. The van der Waals surface area contributed by atoms with Crippen molar-refractivity contribution < 1.29 is 13.2 Å². The van der Waals surface area contributed by atoms with E-state index in [1.54, 1.807) is 36.4 Å². The molecule has 1 aromatic heterocycles. The van der Waals surface area contributed by atoms with Crippen LogP contribution in [0.1, 0.15) is 30.4 Å². The summed E-state index contributed by atoms with van der Waals surface area (Å²) in [5, 5.41) is 8.87. The third-order valence-electron chi connectivity index (χ3n) is 4.64. The predicted molar refractivity (Wildman–Crippen MR) is 120 cm³/mol. The number of hydrogen-bond donors (Lipinski definition) is 3. The Labute approximate surface area is 185 Å². The van der Waals surface area contributed by atoms with Gasteiger partial charge in [-0.05, 0) is 29.7 Å². The number of rotatable bonds is 8. The second-order valence-electron chi connectivity index (χ2n) is 6.88. The molecule has 1 heterocycles. The topological polar surface area (TPSA) is 141 Å². The summed E-state index contributed by atoms with van der Waals surface area (Å²) in [4.78, 5) is 20.5. The molecule has 0 radical (unpaired) electrons. The van der Waals surface area contributed by atoms with Crippen LogP contribution >= 0.6 is 11.6 Å². The fraction of sp³-hybridized carbons (Fsp3) is 0.190. The molecule has 0 saturated heterocycles. The number of anilines is 1. The van der Waals surface area contributed by atoms with E-state index in [0.717, 1.165) is 6.42 Å². The molecule has 2 aromatic carbocycles. The summed E-state index contributed by atoms with van der Waals surface area (Å²) in [5.41, 5.74) is 7.24. The second-order valence-corrected chi connectivity index (χ2v) is 8.82. The lowest BCUT2D eigenvalue weighted by atomic mass is 9.89. The van der Waals surface area contributed by atoms with Crippen molar-refractivity contribution in [1.82, 2.24) is 9.97 Å². The van der Waals surface area contributed by atoms with E-state index in [4.69, 9.17) is 22.5 Å². The highest BCUT2D eigenvalue weighted by atomic mass is 35.5. The summed E-state index contributed by atoms with van der Waals surface area (Å²) in [6, 6.07) is 11.3. The zero-order valence-electron chi connectivity index (χ0n) is 16.7. The average molecular weight is 460 g/mol. The van der Waals surface area contributed by atoms with E-state index in [9.17, 15) is 13.2 Å². The molecule has 1 atom stereocenters. The lowest BCUT2D eigenvalue weighted by molar-refractivity contribution is -0.118. The van der Waals surface area contributed by atoms with Crippen molar-refractivity contribution in [2.45, 2.75) is 24.2 Å². The number of nitrogens with two attached hydrogens (primary N) is 2. The molecule has 0 saturated carbocycles. The molecule has 0 aliphatic carbocycles. The highest BCUT2D eigenvalue weighted by molar-refractivity contribution is 7.89. The first-order chi connectivity index (χ1) is 14.7. The van der Waals surface area contributed by atoms with Gasteiger partial charge in [0.2, 0.25) is 21.9 Å². The highest BCUT2D eigenvalue weighted by Gasteiger charge is 2.26. The van der Waals surface area contributed by atoms with Gasteiger partial charge in [0.1, 0.15) is 0 Å². The van der Waals surface area contributed by atoms with Crippen LogP contribution in [-0.2, 0) is 14.8 Å². The molecule has 0 fully saturated rings. The first kappa shape index (κ1) is 22.7. The first-order valence-corrected chi connectivity index (χ1v) is 11.4. The van der Waals surface area contributed by atoms with Gasteiger partial charge in [0.15, 0.2) is 0 Å². The minimum atomic E-state index is -4.14. The molecule has 31 heavy (non-hydrogen) atoms. The zero-order valence-corrected chi connectivity index (χ0v) is 18.3. The number of hydrogen-bond acceptors (Lipinski definition) is 6. The van der Waals surface area contributed by atoms with Crippen molar-refractivity contribution in [3.05, 3.63) is 71.0 Å². The largest absolute Gasteiger partial charge is 0.369 e. The summed E-state index contributed by atoms with van der Waals surface area (Å²) >= 11 is 6.25. The number of carbonyl (C=O) groups is 1. The molecule has 0 aliphatic rings. The normalized spacial score (nSPS) is 12.4. The fourth-order valence-corrected chi connectivity index (χ4v) is 4.23. The van der Waals surface area contributed by atoms with Crippen LogP contribution in [0.25, 0.3) is 11.1 Å². The van der Waals surface area contributed by atoms with E-state index in [-0.39, 0.29) is 4.90 Å². The van der Waals surface area contributed by atoms with Gasteiger partial charge in [0.25, 0.3) is 0 Å². The Morgan fingerprint density at radius 3 is 2.42 bits per heavy atom. The number of aromatic nitrogens is 2. The SMILES string of the molecule is CCCNc1ncc(-c2ccc(C(C(N)=O)c3ccccc3Cl)cc2S(N)(=O)=O)cn1. The molecule has 0 aliphatic heterocycles. The molecule has 5 N–H and O–H groups in total. The maximum Gasteiger partial charge on any atom is 0.238 e. The molecule has 1 unspecified atom stereocenters. The third kappa shape index (κ3) is 5.19. The van der Waals surface area contributed by atoms with Crippen LogP contribution in [0.5, 0.6) is 0 Å². The highest BCUT2D eigenvalue weighted by Crippen LogP contribution is 2.34. The summed E-state index contributed by atoms with van der Waals surface area (Å²) in [7, 11) is -4.14. The summed E-state index contributed by atoms with van der Waals surface area (Å²) < 4.78 is 24.7. The van der Waals surface area contributed by atoms with Gasteiger partial charge in [-0.3, -0.25) is 4.79 Å². The number of nitrogens with one attached hydrogen (secondary N) is 1. The van der Waals surface area contributed by atoms with Gasteiger partial charge in [-0.1, -0.05) is 48.9 Å². The molecule has 8 nitrogen and oxygen atoms in total. The number of halogens is 1. The van der Waals surface area contributed by atoms with E-state index in [2.05, 4.69) is 15.3 Å². The van der Waals surface area contributed by atoms with Crippen LogP contribution in [0.15, 0.2) is 59.8 Å². The number of primary amides is 1. The standard InChI is InChI=1S/C21H22ClN5O3S/c1-2-9-25-21-26-11-14(12-27-21)15-8-7-13(10-18(15)31(24,29)30)19(20(23)28)16-5-3-4-6-17(16)22/h3-8,10-12,19H,2,9H2,1H3,(H2,23,28)(H2,24,29,30)(H,25,26,27). The molecular weight excluding hydrogens is 438 g/mol. The Morgan fingerprint density at radius 1 is 1.16 bits per heavy atom. The quantitative estimate of drug-likeness (QED) is 0.473. The van der Waals surface area contributed by atoms with Gasteiger partial charge in [-0.2, -0.15) is 0 Å². The zero-order chi connectivity index (χ0) is 22.6. The van der Waals surface area contributed by atoms with Crippen LogP contribution in [-0.4, -0.2) is 30.8 Å². The van der Waals surface area contributed by atoms with Gasteiger partial charge in [0.05, 0.1) is 10.8 Å². The first-order valence-electron chi connectivity index (χ1n) is 9.49. The fourth-order valence-electron chi connectivity index (χ4n) is 3.19. The van der Waals surface area contributed by atoms with Crippen molar-refractivity contribution in [2.24, 2.45) is 10.9 Å². The van der Waals surface area contributed by atoms with Crippen LogP contribution in [0, 0.1) is 0 Å². The molecule has 3 rings (SSSR count). The lowest BCUT2D eigenvalue weighted by Gasteiger charge is -2.18. The summed E-state index contributed by atoms with van der Waals surface area (Å²) in [6.07, 6.45) is 3.93. The van der Waals surface area contributed by atoms with E-state index < -0.39 is 21.8 Å². The molecule has 162 valence electrons. The Kier molecular flexibility index (Phi) is 6.89. The Bertz CT molecular complexity index is 1200. The van der Waals surface area contributed by atoms with Crippen LogP contribution in [0.4, 0.5) is 5.95 Å². The number of amides is 1.